The highest BCUT2D eigenvalue weighted by Gasteiger charge is 2.29. The number of rotatable bonds is 5. The molecule has 0 radical (unpaired) electrons. The molecule has 1 aliphatic carbocycles. The maximum atomic E-state index is 13.6. The fourth-order valence-corrected chi connectivity index (χ4v) is 5.53. The number of aliphatic imine (C=N–C) groups is 1. The zero-order valence-electron chi connectivity index (χ0n) is 20.4. The third kappa shape index (κ3) is 4.34. The van der Waals surface area contributed by atoms with Crippen LogP contribution in [-0.2, 0) is 0 Å². The predicted molar refractivity (Wildman–Crippen MR) is 140 cm³/mol. The molecule has 174 valence electrons. The fourth-order valence-electron chi connectivity index (χ4n) is 5.53. The van der Waals surface area contributed by atoms with Crippen LogP contribution < -0.4 is 0 Å². The van der Waals surface area contributed by atoms with E-state index in [9.17, 15) is 4.79 Å². The summed E-state index contributed by atoms with van der Waals surface area (Å²) in [7, 11) is 0. The van der Waals surface area contributed by atoms with Crippen LogP contribution >= 0.6 is 0 Å². The summed E-state index contributed by atoms with van der Waals surface area (Å²) in [6.07, 6.45) is 14.5. The lowest BCUT2D eigenvalue weighted by Crippen LogP contribution is -2.38. The first-order chi connectivity index (χ1) is 16.6. The van der Waals surface area contributed by atoms with Gasteiger partial charge in [-0.1, -0.05) is 37.5 Å². The topological polar surface area (TPSA) is 32.7 Å². The number of nitrogens with zero attached hydrogens (tertiary/aromatic N) is 2. The molecule has 0 N–H and O–H groups in total. The van der Waals surface area contributed by atoms with Crippen molar-refractivity contribution in [2.24, 2.45) is 4.99 Å². The molecule has 1 saturated carbocycles. The molecule has 0 unspecified atom stereocenters. The Morgan fingerprint density at radius 2 is 1.82 bits per heavy atom. The molecule has 2 aromatic rings. The number of hydrogen-bond donors (Lipinski definition) is 0. The zero-order valence-corrected chi connectivity index (χ0v) is 20.4. The Balaban J connectivity index is 1.36. The Hall–Kier alpha value is -3.12. The number of hydrogen-bond acceptors (Lipinski definition) is 2. The summed E-state index contributed by atoms with van der Waals surface area (Å²) in [5.74, 6) is 3.94. The molecule has 2 fully saturated rings. The van der Waals surface area contributed by atoms with E-state index in [1.807, 2.05) is 17.0 Å². The molecule has 3 aliphatic rings. The number of terminal acetylenes is 1. The van der Waals surface area contributed by atoms with Crippen LogP contribution in [0.25, 0.3) is 0 Å². The summed E-state index contributed by atoms with van der Waals surface area (Å²) >= 11 is 0. The van der Waals surface area contributed by atoms with E-state index in [-0.39, 0.29) is 5.91 Å². The smallest absolute Gasteiger partial charge is 0.254 e. The van der Waals surface area contributed by atoms with Crippen molar-refractivity contribution >= 4 is 11.6 Å². The minimum atomic E-state index is 0.165. The highest BCUT2D eigenvalue weighted by Crippen LogP contribution is 2.40. The number of benzene rings is 2. The third-order valence-corrected chi connectivity index (χ3v) is 8.03. The maximum absolute atomic E-state index is 13.6. The number of likely N-dealkylation sites (tertiary alicyclic amines) is 1. The van der Waals surface area contributed by atoms with Crippen molar-refractivity contribution in [2.45, 2.75) is 64.2 Å². The van der Waals surface area contributed by atoms with E-state index in [2.05, 4.69) is 50.1 Å². The van der Waals surface area contributed by atoms with E-state index in [1.54, 1.807) is 0 Å². The standard InChI is InChI=1S/C31H34N2O/c1-4-22-9-11-24(12-10-22)25-13-15-33(16-14-25)31(34)27-19-29(30-18-23(5-2)20-32-30)28(17-21(27)3)26-7-6-8-26/h1,9-12,17-19,25-26H,5-8,13-16,20H2,2-3H3. The van der Waals surface area contributed by atoms with E-state index in [1.165, 1.54) is 41.5 Å². The average molecular weight is 451 g/mol. The zero-order chi connectivity index (χ0) is 23.7. The van der Waals surface area contributed by atoms with Crippen molar-refractivity contribution in [3.63, 3.8) is 0 Å². The number of amides is 1. The van der Waals surface area contributed by atoms with E-state index in [4.69, 9.17) is 11.4 Å². The second-order valence-electron chi connectivity index (χ2n) is 10.1. The molecule has 3 nitrogen and oxygen atoms in total. The van der Waals surface area contributed by atoms with Crippen molar-refractivity contribution in [1.82, 2.24) is 4.90 Å². The second-order valence-corrected chi connectivity index (χ2v) is 10.1. The largest absolute Gasteiger partial charge is 0.339 e. The molecule has 0 bridgehead atoms. The average Bonchev–Trinajstić information content (AvgIpc) is 3.32. The van der Waals surface area contributed by atoms with Gasteiger partial charge in [0.2, 0.25) is 0 Å². The van der Waals surface area contributed by atoms with Gasteiger partial charge in [-0.25, -0.2) is 0 Å². The summed E-state index contributed by atoms with van der Waals surface area (Å²) in [5, 5.41) is 0. The molecule has 0 spiro atoms. The van der Waals surface area contributed by atoms with E-state index < -0.39 is 0 Å². The Kier molecular flexibility index (Phi) is 6.42. The first kappa shape index (κ1) is 22.7. The van der Waals surface area contributed by atoms with Crippen LogP contribution in [0.2, 0.25) is 0 Å². The van der Waals surface area contributed by atoms with E-state index in [0.717, 1.165) is 61.3 Å². The maximum Gasteiger partial charge on any atom is 0.254 e. The van der Waals surface area contributed by atoms with Gasteiger partial charge in [0.1, 0.15) is 0 Å². The third-order valence-electron chi connectivity index (χ3n) is 8.03. The lowest BCUT2D eigenvalue weighted by molar-refractivity contribution is 0.0712. The molecular weight excluding hydrogens is 416 g/mol. The molecule has 2 aromatic carbocycles. The van der Waals surface area contributed by atoms with Gasteiger partial charge in [-0.3, -0.25) is 9.79 Å². The summed E-state index contributed by atoms with van der Waals surface area (Å²) < 4.78 is 0. The van der Waals surface area contributed by atoms with E-state index >= 15 is 0 Å². The van der Waals surface area contributed by atoms with E-state index in [0.29, 0.717) is 11.8 Å². The second kappa shape index (κ2) is 9.63. The number of piperidine rings is 1. The normalized spacial score (nSPS) is 18.8. The first-order valence-corrected chi connectivity index (χ1v) is 12.8. The number of aryl methyl sites for hydroxylation is 1. The molecule has 5 rings (SSSR count). The van der Waals surface area contributed by atoms with Crippen LogP contribution in [0, 0.1) is 19.3 Å². The minimum absolute atomic E-state index is 0.165. The number of allylic oxidation sites excluding steroid dienone is 1. The SMILES string of the molecule is C#Cc1ccc(C2CCN(C(=O)c3cc(C4=NCC(CC)=C4)c(C4CCC4)cc3C)CC2)cc1. The Bertz CT molecular complexity index is 1180. The summed E-state index contributed by atoms with van der Waals surface area (Å²) in [5.41, 5.74) is 9.21. The fraction of sp³-hybridized carbons (Fsp3) is 0.419. The molecule has 1 saturated heterocycles. The highest BCUT2D eigenvalue weighted by molar-refractivity contribution is 6.13. The van der Waals surface area contributed by atoms with Gasteiger partial charge in [-0.15, -0.1) is 6.42 Å². The lowest BCUT2D eigenvalue weighted by atomic mass is 9.76. The number of carbonyl (C=O) groups excluding carboxylic acids is 1. The monoisotopic (exact) mass is 450 g/mol. The van der Waals surface area contributed by atoms with Crippen LogP contribution in [0.5, 0.6) is 0 Å². The Morgan fingerprint density at radius 1 is 1.09 bits per heavy atom. The highest BCUT2D eigenvalue weighted by atomic mass is 16.2. The van der Waals surface area contributed by atoms with Gasteiger partial charge in [-0.05, 0) is 97.4 Å². The summed E-state index contributed by atoms with van der Waals surface area (Å²) in [4.78, 5) is 20.5. The Labute approximate surface area is 204 Å². The lowest BCUT2D eigenvalue weighted by Gasteiger charge is -2.33. The summed E-state index contributed by atoms with van der Waals surface area (Å²) in [6.45, 7) is 6.67. The van der Waals surface area contributed by atoms with Crippen LogP contribution in [0.15, 0.2) is 53.0 Å². The van der Waals surface area contributed by atoms with Crippen molar-refractivity contribution < 1.29 is 4.79 Å². The predicted octanol–water partition coefficient (Wildman–Crippen LogP) is 6.40. The van der Waals surface area contributed by atoms with Crippen LogP contribution in [0.1, 0.15) is 95.5 Å². The molecule has 34 heavy (non-hydrogen) atoms. The molecule has 1 amide bonds. The Morgan fingerprint density at radius 3 is 2.41 bits per heavy atom. The quantitative estimate of drug-likeness (QED) is 0.485. The van der Waals surface area contributed by atoms with Crippen molar-refractivity contribution in [1.29, 1.82) is 0 Å². The van der Waals surface area contributed by atoms with Gasteiger partial charge < -0.3 is 4.90 Å². The van der Waals surface area contributed by atoms with Crippen molar-refractivity contribution in [2.75, 3.05) is 19.6 Å². The minimum Gasteiger partial charge on any atom is -0.339 e. The molecular formula is C31H34N2O. The van der Waals surface area contributed by atoms with Gasteiger partial charge in [0, 0.05) is 29.8 Å². The van der Waals surface area contributed by atoms with Gasteiger partial charge in [-0.2, -0.15) is 0 Å². The van der Waals surface area contributed by atoms with Gasteiger partial charge in [0.15, 0.2) is 0 Å². The van der Waals surface area contributed by atoms with Crippen molar-refractivity contribution in [3.05, 3.63) is 81.4 Å². The molecule has 3 heteroatoms. The first-order valence-electron chi connectivity index (χ1n) is 12.8. The van der Waals surface area contributed by atoms with Gasteiger partial charge in [0.25, 0.3) is 5.91 Å². The molecule has 2 aliphatic heterocycles. The van der Waals surface area contributed by atoms with Crippen LogP contribution in [-0.4, -0.2) is 36.2 Å². The van der Waals surface area contributed by atoms with Crippen LogP contribution in [0.4, 0.5) is 0 Å². The van der Waals surface area contributed by atoms with Crippen LogP contribution in [0.3, 0.4) is 0 Å². The van der Waals surface area contributed by atoms with Gasteiger partial charge >= 0.3 is 0 Å². The molecule has 0 aromatic heterocycles. The molecule has 0 atom stereocenters. The summed E-state index contributed by atoms with van der Waals surface area (Å²) in [6, 6.07) is 12.8. The molecule has 2 heterocycles. The number of carbonyl (C=O) groups is 1. The van der Waals surface area contributed by atoms with Gasteiger partial charge in [0.05, 0.1) is 12.3 Å². The van der Waals surface area contributed by atoms with Crippen molar-refractivity contribution in [3.8, 4) is 12.3 Å².